The van der Waals surface area contributed by atoms with Crippen molar-refractivity contribution >= 4 is 23.4 Å². The first-order chi connectivity index (χ1) is 9.27. The van der Waals surface area contributed by atoms with Crippen molar-refractivity contribution in [2.75, 3.05) is 14.1 Å². The molecule has 0 bridgehead atoms. The molecule has 2 aromatic heterocycles. The van der Waals surface area contributed by atoms with E-state index in [0.29, 0.717) is 0 Å². The van der Waals surface area contributed by atoms with E-state index in [1.165, 1.54) is 0 Å². The monoisotopic (exact) mass is 295 g/mol. The molecule has 0 aliphatic carbocycles. The number of imidazole rings is 1. The van der Waals surface area contributed by atoms with Crippen LogP contribution in [0.3, 0.4) is 0 Å². The summed E-state index contributed by atoms with van der Waals surface area (Å²) in [5.41, 5.74) is 3.32. The highest BCUT2D eigenvalue weighted by molar-refractivity contribution is 7.71. The minimum absolute atomic E-state index is 0.0303. The molecule has 112 valence electrons. The fourth-order valence-corrected chi connectivity index (χ4v) is 2.62. The summed E-state index contributed by atoms with van der Waals surface area (Å²) in [6, 6.07) is 0. The van der Waals surface area contributed by atoms with E-state index < -0.39 is 0 Å². The van der Waals surface area contributed by atoms with Gasteiger partial charge >= 0.3 is 0 Å². The SMILES string of the molecule is CCCc1nn(C)c2c1[nH]c(=S)n2CC(C)(C)N(C)C. The largest absolute Gasteiger partial charge is 0.328 e. The smallest absolute Gasteiger partial charge is 0.179 e. The molecule has 0 aromatic carbocycles. The number of aromatic nitrogens is 4. The Hall–Kier alpha value is -1.14. The Morgan fingerprint density at radius 1 is 1.35 bits per heavy atom. The van der Waals surface area contributed by atoms with E-state index in [1.807, 2.05) is 11.7 Å². The molecule has 0 aliphatic heterocycles. The van der Waals surface area contributed by atoms with Gasteiger partial charge in [-0.2, -0.15) is 5.10 Å². The quantitative estimate of drug-likeness (QED) is 0.862. The van der Waals surface area contributed by atoms with Crippen LogP contribution >= 0.6 is 12.2 Å². The summed E-state index contributed by atoms with van der Waals surface area (Å²) < 4.78 is 4.88. The van der Waals surface area contributed by atoms with Gasteiger partial charge in [-0.05, 0) is 46.6 Å². The van der Waals surface area contributed by atoms with Crippen molar-refractivity contribution in [2.24, 2.45) is 7.05 Å². The molecule has 0 radical (unpaired) electrons. The number of rotatable bonds is 5. The highest BCUT2D eigenvalue weighted by atomic mass is 32.1. The minimum atomic E-state index is 0.0303. The number of hydrogen-bond acceptors (Lipinski definition) is 3. The number of fused-ring (bicyclic) bond motifs is 1. The molecule has 0 aliphatic rings. The molecule has 2 heterocycles. The van der Waals surface area contributed by atoms with Crippen molar-refractivity contribution in [3.63, 3.8) is 0 Å². The zero-order valence-electron chi connectivity index (χ0n) is 13.3. The summed E-state index contributed by atoms with van der Waals surface area (Å²) in [4.78, 5) is 5.56. The molecule has 0 atom stereocenters. The van der Waals surface area contributed by atoms with Crippen molar-refractivity contribution in [3.05, 3.63) is 10.5 Å². The van der Waals surface area contributed by atoms with Gasteiger partial charge in [0.2, 0.25) is 0 Å². The van der Waals surface area contributed by atoms with Gasteiger partial charge < -0.3 is 9.88 Å². The van der Waals surface area contributed by atoms with Crippen LogP contribution in [-0.2, 0) is 20.0 Å². The summed E-state index contributed by atoms with van der Waals surface area (Å²) in [6.45, 7) is 7.44. The van der Waals surface area contributed by atoms with Gasteiger partial charge in [0, 0.05) is 19.1 Å². The van der Waals surface area contributed by atoms with Gasteiger partial charge in [0.25, 0.3) is 0 Å². The highest BCUT2D eigenvalue weighted by Gasteiger charge is 2.24. The third kappa shape index (κ3) is 2.54. The zero-order chi connectivity index (χ0) is 15.1. The molecule has 5 nitrogen and oxygen atoms in total. The summed E-state index contributed by atoms with van der Waals surface area (Å²) in [5, 5.41) is 4.62. The lowest BCUT2D eigenvalue weighted by Crippen LogP contribution is -2.42. The maximum atomic E-state index is 5.51. The van der Waals surface area contributed by atoms with Gasteiger partial charge in [-0.3, -0.25) is 9.25 Å². The van der Waals surface area contributed by atoms with Crippen LogP contribution in [0.15, 0.2) is 0 Å². The fourth-order valence-electron chi connectivity index (χ4n) is 2.36. The van der Waals surface area contributed by atoms with Crippen LogP contribution in [0.2, 0.25) is 0 Å². The molecule has 0 unspecified atom stereocenters. The van der Waals surface area contributed by atoms with Gasteiger partial charge in [-0.15, -0.1) is 0 Å². The van der Waals surface area contributed by atoms with Gasteiger partial charge in [0.05, 0.1) is 5.69 Å². The predicted molar refractivity (Wildman–Crippen MR) is 85.6 cm³/mol. The maximum Gasteiger partial charge on any atom is 0.179 e. The standard InChI is InChI=1S/C14H25N5S/c1-7-8-10-11-12(18(6)16-10)19(13(20)15-11)9-14(2,3)17(4)5/h7-9H2,1-6H3,(H,15,20). The van der Waals surface area contributed by atoms with Gasteiger partial charge in [-0.25, -0.2) is 0 Å². The molecule has 6 heteroatoms. The minimum Gasteiger partial charge on any atom is -0.328 e. The Kier molecular flexibility index (Phi) is 4.07. The number of hydrogen-bond donors (Lipinski definition) is 1. The zero-order valence-corrected chi connectivity index (χ0v) is 14.1. The number of H-pyrrole nitrogens is 1. The molecule has 0 amide bonds. The van der Waals surface area contributed by atoms with E-state index >= 15 is 0 Å². The van der Waals surface area contributed by atoms with E-state index in [2.05, 4.69) is 54.4 Å². The van der Waals surface area contributed by atoms with E-state index in [-0.39, 0.29) is 5.54 Å². The predicted octanol–water partition coefficient (Wildman–Crippen LogP) is 2.73. The second-order valence-electron chi connectivity index (χ2n) is 6.24. The van der Waals surface area contributed by atoms with Gasteiger partial charge in [0.1, 0.15) is 5.52 Å². The number of aromatic amines is 1. The summed E-state index contributed by atoms with van der Waals surface area (Å²) in [6.07, 6.45) is 2.06. The molecule has 0 saturated heterocycles. The second kappa shape index (κ2) is 5.33. The highest BCUT2D eigenvalue weighted by Crippen LogP contribution is 2.22. The van der Waals surface area contributed by atoms with Crippen LogP contribution in [0.1, 0.15) is 32.9 Å². The normalized spacial score (nSPS) is 12.8. The lowest BCUT2D eigenvalue weighted by atomic mass is 10.0. The fraction of sp³-hybridized carbons (Fsp3) is 0.714. The maximum absolute atomic E-state index is 5.51. The number of nitrogens with zero attached hydrogens (tertiary/aromatic N) is 4. The van der Waals surface area contributed by atoms with Crippen LogP contribution in [0.4, 0.5) is 0 Å². The molecule has 2 rings (SSSR count). The molecule has 0 fully saturated rings. The van der Waals surface area contributed by atoms with Gasteiger partial charge in [-0.1, -0.05) is 13.3 Å². The molecule has 0 spiro atoms. The second-order valence-corrected chi connectivity index (χ2v) is 6.63. The van der Waals surface area contributed by atoms with Crippen molar-refractivity contribution in [2.45, 2.75) is 45.7 Å². The summed E-state index contributed by atoms with van der Waals surface area (Å²) in [5.74, 6) is 0. The number of likely N-dealkylation sites (N-methyl/N-ethyl adjacent to an activating group) is 1. The molecule has 1 N–H and O–H groups in total. The van der Waals surface area contributed by atoms with Crippen LogP contribution < -0.4 is 0 Å². The number of nitrogens with one attached hydrogen (secondary N) is 1. The van der Waals surface area contributed by atoms with Crippen LogP contribution in [0.25, 0.3) is 11.2 Å². The lowest BCUT2D eigenvalue weighted by Gasteiger charge is -2.32. The Balaban J connectivity index is 2.54. The first-order valence-corrected chi connectivity index (χ1v) is 7.50. The van der Waals surface area contributed by atoms with Crippen molar-refractivity contribution in [1.29, 1.82) is 0 Å². The van der Waals surface area contributed by atoms with Crippen molar-refractivity contribution < 1.29 is 0 Å². The molecular formula is C14H25N5S. The first-order valence-electron chi connectivity index (χ1n) is 7.09. The summed E-state index contributed by atoms with van der Waals surface area (Å²) in [7, 11) is 6.18. The third-order valence-corrected chi connectivity index (χ3v) is 4.39. The molecule has 0 saturated carbocycles. The Bertz CT molecular complexity index is 659. The third-order valence-electron chi connectivity index (χ3n) is 4.06. The van der Waals surface area contributed by atoms with E-state index in [9.17, 15) is 0 Å². The average Bonchev–Trinajstić information content (AvgIpc) is 2.80. The van der Waals surface area contributed by atoms with E-state index in [1.54, 1.807) is 0 Å². The molecular weight excluding hydrogens is 270 g/mol. The molecule has 2 aromatic rings. The summed E-state index contributed by atoms with van der Waals surface area (Å²) >= 11 is 5.51. The van der Waals surface area contributed by atoms with Crippen molar-refractivity contribution in [3.8, 4) is 0 Å². The lowest BCUT2D eigenvalue weighted by molar-refractivity contribution is 0.170. The number of aryl methyl sites for hydroxylation is 2. The Labute approximate surface area is 125 Å². The Morgan fingerprint density at radius 2 is 2.00 bits per heavy atom. The van der Waals surface area contributed by atoms with Crippen LogP contribution in [0, 0.1) is 4.77 Å². The van der Waals surface area contributed by atoms with Crippen LogP contribution in [0.5, 0.6) is 0 Å². The van der Waals surface area contributed by atoms with E-state index in [4.69, 9.17) is 12.2 Å². The topological polar surface area (TPSA) is 41.8 Å². The van der Waals surface area contributed by atoms with Gasteiger partial charge in [0.15, 0.2) is 10.4 Å². The Morgan fingerprint density at radius 3 is 2.55 bits per heavy atom. The van der Waals surface area contributed by atoms with Crippen LogP contribution in [-0.4, -0.2) is 43.9 Å². The van der Waals surface area contributed by atoms with Crippen molar-refractivity contribution in [1.82, 2.24) is 24.2 Å². The molecule has 20 heavy (non-hydrogen) atoms. The first kappa shape index (κ1) is 15.3. The van der Waals surface area contributed by atoms with E-state index in [0.717, 1.165) is 41.0 Å². The average molecular weight is 295 g/mol.